The van der Waals surface area contributed by atoms with Crippen LogP contribution in [0.4, 0.5) is 8.78 Å². The molecular formula is C47H66F2N10O4. The Morgan fingerprint density at radius 1 is 0.667 bits per heavy atom. The number of aromatic nitrogens is 4. The molecule has 3 fully saturated rings. The van der Waals surface area contributed by atoms with E-state index < -0.39 is 18.1 Å². The Balaban J connectivity index is 1.12. The highest BCUT2D eigenvalue weighted by atomic mass is 19.1. The van der Waals surface area contributed by atoms with Crippen LogP contribution in [0.5, 0.6) is 0 Å². The van der Waals surface area contributed by atoms with Crippen molar-refractivity contribution in [3.05, 3.63) is 59.7 Å². The van der Waals surface area contributed by atoms with E-state index in [0.717, 1.165) is 74.0 Å². The molecule has 3 aliphatic rings. The van der Waals surface area contributed by atoms with Gasteiger partial charge in [-0.05, 0) is 108 Å². The molecule has 4 amide bonds. The van der Waals surface area contributed by atoms with Crippen molar-refractivity contribution in [3.63, 3.8) is 0 Å². The Kier molecular flexibility index (Phi) is 14.5. The number of amides is 4. The van der Waals surface area contributed by atoms with Crippen molar-refractivity contribution in [1.29, 1.82) is 0 Å². The van der Waals surface area contributed by atoms with Crippen LogP contribution < -0.4 is 21.3 Å². The van der Waals surface area contributed by atoms with E-state index in [4.69, 9.17) is 9.97 Å². The molecule has 2 aromatic carbocycles. The summed E-state index contributed by atoms with van der Waals surface area (Å²) < 4.78 is 33.7. The number of fused-ring (bicyclic) bond motifs is 2. The number of imidazole rings is 2. The lowest BCUT2D eigenvalue weighted by Crippen LogP contribution is -2.55. The van der Waals surface area contributed by atoms with E-state index in [2.05, 4.69) is 30.4 Å². The largest absolute Gasteiger partial charge is 0.343 e. The summed E-state index contributed by atoms with van der Waals surface area (Å²) in [6, 6.07) is 7.43. The van der Waals surface area contributed by atoms with Gasteiger partial charge in [0.25, 0.3) is 0 Å². The summed E-state index contributed by atoms with van der Waals surface area (Å²) in [6.07, 6.45) is 6.46. The average Bonchev–Trinajstić information content (AvgIpc) is 4.07. The number of nitrogens with one attached hydrogen (secondary N) is 4. The predicted octanol–water partition coefficient (Wildman–Crippen LogP) is 5.20. The van der Waals surface area contributed by atoms with Crippen LogP contribution in [-0.4, -0.2) is 116 Å². The zero-order chi connectivity index (χ0) is 45.1. The molecule has 0 radical (unpaired) electrons. The molecule has 16 heteroatoms. The van der Waals surface area contributed by atoms with Gasteiger partial charge in [0.2, 0.25) is 23.6 Å². The third-order valence-corrected chi connectivity index (χ3v) is 13.7. The molecule has 2 aliphatic heterocycles. The third-order valence-electron chi connectivity index (χ3n) is 13.7. The minimum atomic E-state index is -0.664. The summed E-state index contributed by atoms with van der Waals surface area (Å²) in [7, 11) is 3.41. The van der Waals surface area contributed by atoms with Gasteiger partial charge in [0.15, 0.2) is 0 Å². The number of halogens is 2. The number of carbonyl (C=O) groups is 4. The summed E-state index contributed by atoms with van der Waals surface area (Å²) in [6.45, 7) is 11.9. The van der Waals surface area contributed by atoms with Crippen LogP contribution in [0, 0.1) is 23.5 Å². The molecule has 63 heavy (non-hydrogen) atoms. The topological polar surface area (TPSA) is 159 Å². The number of carbonyl (C=O) groups excluding carboxylic acids is 4. The first-order valence-electron chi connectivity index (χ1n) is 23.0. The van der Waals surface area contributed by atoms with Crippen molar-refractivity contribution in [1.82, 2.24) is 50.2 Å². The van der Waals surface area contributed by atoms with Crippen LogP contribution >= 0.6 is 0 Å². The van der Waals surface area contributed by atoms with Crippen molar-refractivity contribution >= 4 is 45.7 Å². The second kappa shape index (κ2) is 19.8. The van der Waals surface area contributed by atoms with Gasteiger partial charge >= 0.3 is 0 Å². The number of likely N-dealkylation sites (tertiary alicyclic amines) is 2. The Morgan fingerprint density at radius 3 is 1.52 bits per heavy atom. The number of hydrogen-bond acceptors (Lipinski definition) is 8. The van der Waals surface area contributed by atoms with E-state index in [1.165, 1.54) is 24.3 Å². The lowest BCUT2D eigenvalue weighted by molar-refractivity contribution is -0.139. The molecule has 2 saturated heterocycles. The van der Waals surface area contributed by atoms with Crippen LogP contribution in [0.15, 0.2) is 36.4 Å². The first-order valence-corrected chi connectivity index (χ1v) is 23.0. The second-order valence-electron chi connectivity index (χ2n) is 18.7. The molecule has 4 heterocycles. The maximum Gasteiger partial charge on any atom is 0.245 e. The van der Waals surface area contributed by atoms with E-state index in [1.54, 1.807) is 33.2 Å². The minimum absolute atomic E-state index is 0.0669. The van der Waals surface area contributed by atoms with Crippen molar-refractivity contribution in [2.45, 2.75) is 141 Å². The average molecular weight is 873 g/mol. The van der Waals surface area contributed by atoms with Crippen LogP contribution in [0.25, 0.3) is 22.1 Å². The molecule has 7 rings (SSSR count). The van der Waals surface area contributed by atoms with Crippen molar-refractivity contribution in [3.8, 4) is 0 Å². The van der Waals surface area contributed by atoms with Crippen molar-refractivity contribution in [2.75, 3.05) is 33.7 Å². The number of hydrogen-bond donors (Lipinski definition) is 4. The molecule has 2 aromatic heterocycles. The lowest BCUT2D eigenvalue weighted by Gasteiger charge is -2.33. The highest BCUT2D eigenvalue weighted by Crippen LogP contribution is 2.42. The standard InChI is InChI=1S/C47H66F2N10O4/c1-27(2)41(54-40(60)24-50-6)46(62)56-20-8-10-34(56)25-58-38-18-16-32(48)22-36(38)52-43(58)30-12-14-31(15-13-30)44-53-37-23-33(49)17-19-39(37)59(44)26-35-11-9-21-57(35)47(63)42(28(3)4)55-45(61)29(5)51-7/h16-19,22-23,27-31,34-35,41-42,50-51H,8-15,20-21,24-26H2,1-7H3,(H,54,60)(H,55,61)/t29-,30?,31?,34?,35?,41?,42?/m1/s1. The van der Waals surface area contributed by atoms with Gasteiger partial charge in [-0.1, -0.05) is 27.7 Å². The quantitative estimate of drug-likeness (QED) is 0.120. The third kappa shape index (κ3) is 9.91. The Bertz CT molecular complexity index is 2280. The fourth-order valence-electron chi connectivity index (χ4n) is 10.1. The highest BCUT2D eigenvalue weighted by molar-refractivity contribution is 5.90. The Hall–Kier alpha value is -4.96. The van der Waals surface area contributed by atoms with E-state index in [9.17, 15) is 28.0 Å². The van der Waals surface area contributed by atoms with Gasteiger partial charge in [-0.3, -0.25) is 19.2 Å². The van der Waals surface area contributed by atoms with Crippen LogP contribution in [0.1, 0.15) is 109 Å². The smallest absolute Gasteiger partial charge is 0.245 e. The van der Waals surface area contributed by atoms with Gasteiger partial charge in [0.05, 0.1) is 34.7 Å². The minimum Gasteiger partial charge on any atom is -0.343 e. The van der Waals surface area contributed by atoms with Gasteiger partial charge in [-0.2, -0.15) is 0 Å². The SMILES string of the molecule is CNCC(=O)NC(C(=O)N1CCCC1Cn1c(C2CCC(c3nc4cc(F)ccc4n3CC3CCCN3C(=O)C(NC(=O)[C@@H](C)NC)C(C)C)CC2)nc2cc(F)ccc21)C(C)C. The van der Waals surface area contributed by atoms with Gasteiger partial charge in [-0.15, -0.1) is 0 Å². The zero-order valence-electron chi connectivity index (χ0n) is 37.9. The van der Waals surface area contributed by atoms with Crippen LogP contribution in [0.2, 0.25) is 0 Å². The van der Waals surface area contributed by atoms with E-state index >= 15 is 0 Å². The molecule has 14 nitrogen and oxygen atoms in total. The van der Waals surface area contributed by atoms with E-state index in [1.807, 2.05) is 37.5 Å². The second-order valence-corrected chi connectivity index (χ2v) is 18.7. The summed E-state index contributed by atoms with van der Waals surface area (Å²) in [4.78, 5) is 67.7. The van der Waals surface area contributed by atoms with Gasteiger partial charge < -0.3 is 40.2 Å². The molecular weight excluding hydrogens is 807 g/mol. The molecule has 5 atom stereocenters. The Morgan fingerprint density at radius 2 is 1.11 bits per heavy atom. The predicted molar refractivity (Wildman–Crippen MR) is 239 cm³/mol. The normalized spacial score (nSPS) is 22.0. The van der Waals surface area contributed by atoms with Crippen LogP contribution in [-0.2, 0) is 32.3 Å². The first-order chi connectivity index (χ1) is 30.2. The zero-order valence-corrected chi connectivity index (χ0v) is 37.9. The van der Waals surface area contributed by atoms with Crippen molar-refractivity contribution < 1.29 is 28.0 Å². The summed E-state index contributed by atoms with van der Waals surface area (Å²) in [5, 5.41) is 11.7. The molecule has 4 N–H and O–H groups in total. The van der Waals surface area contributed by atoms with Crippen LogP contribution in [0.3, 0.4) is 0 Å². The molecule has 1 saturated carbocycles. The number of likely N-dealkylation sites (N-methyl/N-ethyl adjacent to an activating group) is 2. The van der Waals surface area contributed by atoms with Crippen molar-refractivity contribution in [2.24, 2.45) is 11.8 Å². The maximum absolute atomic E-state index is 14.7. The first kappa shape index (κ1) is 46.0. The fourth-order valence-corrected chi connectivity index (χ4v) is 10.1. The van der Waals surface area contributed by atoms with Gasteiger partial charge in [0, 0.05) is 62.2 Å². The molecule has 0 bridgehead atoms. The summed E-state index contributed by atoms with van der Waals surface area (Å²) in [5.41, 5.74) is 2.81. The molecule has 4 unspecified atom stereocenters. The summed E-state index contributed by atoms with van der Waals surface area (Å²) >= 11 is 0. The molecule has 4 aromatic rings. The molecule has 342 valence electrons. The Labute approximate surface area is 369 Å². The van der Waals surface area contributed by atoms with Gasteiger partial charge in [-0.25, -0.2) is 18.7 Å². The summed E-state index contributed by atoms with van der Waals surface area (Å²) in [5.74, 6) is 0.335. The lowest BCUT2D eigenvalue weighted by atomic mass is 9.81. The number of nitrogens with zero attached hydrogens (tertiary/aromatic N) is 6. The number of benzene rings is 2. The number of rotatable bonds is 16. The highest BCUT2D eigenvalue weighted by Gasteiger charge is 2.39. The maximum atomic E-state index is 14.7. The monoisotopic (exact) mass is 873 g/mol. The van der Waals surface area contributed by atoms with E-state index in [0.29, 0.717) is 37.2 Å². The van der Waals surface area contributed by atoms with Gasteiger partial charge in [0.1, 0.15) is 35.4 Å². The van der Waals surface area contributed by atoms with E-state index in [-0.39, 0.29) is 77.6 Å². The molecule has 0 spiro atoms. The fraction of sp³-hybridized carbons (Fsp3) is 0.617. The molecule has 1 aliphatic carbocycles.